The first-order chi connectivity index (χ1) is 10.2. The molecule has 3 saturated heterocycles. The molecule has 2 atom stereocenters. The van der Waals surface area contributed by atoms with E-state index in [9.17, 15) is 4.79 Å². The van der Waals surface area contributed by atoms with Crippen molar-refractivity contribution in [3.05, 3.63) is 36.1 Å². The number of carbonyl (C=O) groups is 1. The van der Waals surface area contributed by atoms with E-state index in [0.29, 0.717) is 17.5 Å². The summed E-state index contributed by atoms with van der Waals surface area (Å²) in [6, 6.07) is 8.22. The molecule has 0 saturated carbocycles. The average Bonchev–Trinajstić information content (AvgIpc) is 2.98. The van der Waals surface area contributed by atoms with Crippen molar-refractivity contribution < 1.29 is 9.21 Å². The molecule has 3 fully saturated rings. The van der Waals surface area contributed by atoms with Gasteiger partial charge in [0.1, 0.15) is 5.58 Å². The van der Waals surface area contributed by atoms with Crippen LogP contribution in [0.1, 0.15) is 30.1 Å². The van der Waals surface area contributed by atoms with Gasteiger partial charge in [-0.2, -0.15) is 0 Å². The molecule has 0 spiro atoms. The van der Waals surface area contributed by atoms with Crippen LogP contribution in [0, 0.1) is 5.92 Å². The third-order valence-electron chi connectivity index (χ3n) is 5.19. The lowest BCUT2D eigenvalue weighted by molar-refractivity contribution is 0.0217. The van der Waals surface area contributed by atoms with Crippen LogP contribution in [0.4, 0.5) is 0 Å². The van der Waals surface area contributed by atoms with Crippen LogP contribution in [0.25, 0.3) is 11.0 Å². The molecule has 1 N–H and O–H groups in total. The molecule has 0 aliphatic carbocycles. The van der Waals surface area contributed by atoms with Crippen molar-refractivity contribution in [1.82, 2.24) is 10.2 Å². The van der Waals surface area contributed by atoms with E-state index in [2.05, 4.69) is 17.1 Å². The van der Waals surface area contributed by atoms with Crippen LogP contribution < -0.4 is 5.32 Å². The minimum atomic E-state index is 0.0312. The number of nitrogens with zero attached hydrogens (tertiary/aromatic N) is 1. The van der Waals surface area contributed by atoms with E-state index in [1.165, 1.54) is 25.9 Å². The quantitative estimate of drug-likeness (QED) is 0.922. The van der Waals surface area contributed by atoms with E-state index in [1.54, 1.807) is 6.26 Å². The standard InChI is InChI=1S/C17H20N2O2/c1-11-16(12-4-7-19(11)8-5-12)18-17(20)14-2-3-15-13(10-14)6-9-21-15/h2-3,6,9-12,16H,4-5,7-8H2,1H3,(H,18,20)/t11-,16-/m0/s1/i9+1. The van der Waals surface area contributed by atoms with Gasteiger partial charge in [0, 0.05) is 23.0 Å². The molecule has 1 amide bonds. The molecule has 4 heterocycles. The Labute approximate surface area is 124 Å². The zero-order valence-electron chi connectivity index (χ0n) is 12.2. The lowest BCUT2D eigenvalue weighted by Gasteiger charge is -2.49. The molecule has 0 radical (unpaired) electrons. The van der Waals surface area contributed by atoms with Gasteiger partial charge in [0.25, 0.3) is 5.91 Å². The van der Waals surface area contributed by atoms with E-state index in [4.69, 9.17) is 4.42 Å². The van der Waals surface area contributed by atoms with E-state index in [0.717, 1.165) is 11.0 Å². The monoisotopic (exact) mass is 285 g/mol. The number of hydrogen-bond donors (Lipinski definition) is 1. The fourth-order valence-electron chi connectivity index (χ4n) is 3.89. The summed E-state index contributed by atoms with van der Waals surface area (Å²) >= 11 is 0. The molecule has 2 aromatic rings. The van der Waals surface area contributed by atoms with Gasteiger partial charge in [-0.3, -0.25) is 9.69 Å². The van der Waals surface area contributed by atoms with Gasteiger partial charge in [-0.1, -0.05) is 0 Å². The summed E-state index contributed by atoms with van der Waals surface area (Å²) in [5.74, 6) is 0.662. The predicted molar refractivity (Wildman–Crippen MR) is 81.2 cm³/mol. The van der Waals surface area contributed by atoms with Gasteiger partial charge in [0.15, 0.2) is 0 Å². The maximum Gasteiger partial charge on any atom is 0.251 e. The topological polar surface area (TPSA) is 45.5 Å². The fourth-order valence-corrected chi connectivity index (χ4v) is 3.89. The number of amides is 1. The number of nitrogens with one attached hydrogen (secondary N) is 1. The van der Waals surface area contributed by atoms with Gasteiger partial charge in [0.2, 0.25) is 0 Å². The summed E-state index contributed by atoms with van der Waals surface area (Å²) in [7, 11) is 0. The Morgan fingerprint density at radius 3 is 2.86 bits per heavy atom. The molecule has 5 rings (SSSR count). The highest BCUT2D eigenvalue weighted by Crippen LogP contribution is 2.32. The van der Waals surface area contributed by atoms with Crippen LogP contribution in [0.2, 0.25) is 0 Å². The van der Waals surface area contributed by atoms with Crippen molar-refractivity contribution in [2.75, 3.05) is 13.1 Å². The highest BCUT2D eigenvalue weighted by molar-refractivity contribution is 5.97. The molecule has 3 aliphatic rings. The smallest absolute Gasteiger partial charge is 0.251 e. The summed E-state index contributed by atoms with van der Waals surface area (Å²) < 4.78 is 5.32. The van der Waals surface area contributed by atoms with Crippen molar-refractivity contribution in [1.29, 1.82) is 0 Å². The predicted octanol–water partition coefficient (Wildman–Crippen LogP) is 2.65. The lowest BCUT2D eigenvalue weighted by Crippen LogP contribution is -2.62. The third-order valence-corrected chi connectivity index (χ3v) is 5.19. The Kier molecular flexibility index (Phi) is 3.00. The Morgan fingerprint density at radius 1 is 1.29 bits per heavy atom. The number of fused-ring (bicyclic) bond motifs is 4. The molecular weight excluding hydrogens is 265 g/mol. The first-order valence-electron chi connectivity index (χ1n) is 7.74. The van der Waals surface area contributed by atoms with E-state index < -0.39 is 0 Å². The second-order valence-electron chi connectivity index (χ2n) is 6.29. The van der Waals surface area contributed by atoms with Gasteiger partial charge in [-0.15, -0.1) is 0 Å². The number of piperidine rings is 3. The summed E-state index contributed by atoms with van der Waals surface area (Å²) in [5, 5.41) is 4.24. The number of furan rings is 1. The molecule has 21 heavy (non-hydrogen) atoms. The normalized spacial score (nSPS) is 31.5. The van der Waals surface area contributed by atoms with Gasteiger partial charge in [0.05, 0.1) is 6.26 Å². The molecule has 1 aromatic carbocycles. The van der Waals surface area contributed by atoms with Crippen molar-refractivity contribution in [3.8, 4) is 0 Å². The molecule has 0 unspecified atom stereocenters. The van der Waals surface area contributed by atoms with Crippen molar-refractivity contribution >= 4 is 16.9 Å². The highest BCUT2D eigenvalue weighted by atomic mass is 16.4. The third kappa shape index (κ3) is 2.14. The Bertz CT molecular complexity index is 668. The number of benzene rings is 1. The van der Waals surface area contributed by atoms with Gasteiger partial charge in [-0.05, 0) is 63.0 Å². The number of carbonyl (C=O) groups excluding carboxylic acids is 1. The summed E-state index contributed by atoms with van der Waals surface area (Å²) in [6.45, 7) is 4.59. The zero-order chi connectivity index (χ0) is 14.4. The fraction of sp³-hybridized carbons (Fsp3) is 0.471. The summed E-state index contributed by atoms with van der Waals surface area (Å²) in [5.41, 5.74) is 1.54. The van der Waals surface area contributed by atoms with Gasteiger partial charge in [-0.25, -0.2) is 0 Å². The van der Waals surface area contributed by atoms with Crippen LogP contribution in [-0.4, -0.2) is 36.0 Å². The molecular formula is C17H20N2O2. The Morgan fingerprint density at radius 2 is 2.10 bits per heavy atom. The van der Waals surface area contributed by atoms with Crippen LogP contribution in [0.5, 0.6) is 0 Å². The number of rotatable bonds is 2. The minimum absolute atomic E-state index is 0.0312. The van der Waals surface area contributed by atoms with Gasteiger partial charge < -0.3 is 9.73 Å². The second-order valence-corrected chi connectivity index (χ2v) is 6.29. The maximum absolute atomic E-state index is 12.5. The second kappa shape index (κ2) is 4.88. The van der Waals surface area contributed by atoms with Crippen LogP contribution >= 0.6 is 0 Å². The highest BCUT2D eigenvalue weighted by Gasteiger charge is 2.40. The van der Waals surface area contributed by atoms with E-state index in [1.807, 2.05) is 24.3 Å². The van der Waals surface area contributed by atoms with Gasteiger partial charge >= 0.3 is 0 Å². The minimum Gasteiger partial charge on any atom is -0.464 e. The van der Waals surface area contributed by atoms with Crippen LogP contribution in [-0.2, 0) is 0 Å². The first-order valence-corrected chi connectivity index (χ1v) is 7.74. The van der Waals surface area contributed by atoms with E-state index in [-0.39, 0.29) is 11.9 Å². The van der Waals surface area contributed by atoms with Crippen molar-refractivity contribution in [3.63, 3.8) is 0 Å². The molecule has 110 valence electrons. The average molecular weight is 285 g/mol. The Balaban J connectivity index is 1.54. The summed E-state index contributed by atoms with van der Waals surface area (Å²) in [4.78, 5) is 15.0. The van der Waals surface area contributed by atoms with Crippen molar-refractivity contribution in [2.45, 2.75) is 31.8 Å². The molecule has 2 bridgehead atoms. The SMILES string of the molecule is C[C@H]1[C@H](NC(=O)c2ccc3o[13cH]cc3c2)C2CCN1CC2. The largest absolute Gasteiger partial charge is 0.464 e. The van der Waals surface area contributed by atoms with Crippen LogP contribution in [0.3, 0.4) is 0 Å². The number of hydrogen-bond acceptors (Lipinski definition) is 3. The zero-order valence-corrected chi connectivity index (χ0v) is 12.2. The van der Waals surface area contributed by atoms with E-state index >= 15 is 0 Å². The lowest BCUT2D eigenvalue weighted by atomic mass is 9.79. The van der Waals surface area contributed by atoms with Crippen molar-refractivity contribution in [2.24, 2.45) is 5.92 Å². The Hall–Kier alpha value is -1.81. The molecule has 1 aromatic heterocycles. The van der Waals surface area contributed by atoms with Crippen LogP contribution in [0.15, 0.2) is 34.9 Å². The summed E-state index contributed by atoms with van der Waals surface area (Å²) in [6.07, 6.45) is 4.06. The maximum atomic E-state index is 12.5. The molecule has 4 nitrogen and oxygen atoms in total. The molecule has 4 heteroatoms. The first kappa shape index (κ1) is 12.9. The molecule has 3 aliphatic heterocycles.